The van der Waals surface area contributed by atoms with Crippen LogP contribution in [-0.2, 0) is 6.42 Å². The highest BCUT2D eigenvalue weighted by molar-refractivity contribution is 6.30. The first-order valence-electron chi connectivity index (χ1n) is 8.17. The van der Waals surface area contributed by atoms with Gasteiger partial charge in [-0.2, -0.15) is 0 Å². The second kappa shape index (κ2) is 7.73. The minimum absolute atomic E-state index is 0.282. The van der Waals surface area contributed by atoms with Gasteiger partial charge in [0, 0.05) is 11.9 Å². The van der Waals surface area contributed by atoms with Crippen LogP contribution in [0.1, 0.15) is 29.0 Å². The Balaban J connectivity index is 1.62. The Bertz CT molecular complexity index is 696. The van der Waals surface area contributed by atoms with Crippen molar-refractivity contribution in [2.45, 2.75) is 19.3 Å². The standard InChI is InChI=1S/C18H21ClN4O/c1-23-9-7-13(8-10-23)11-15-3-2-4-17(21-15)22-18(24)16-6-5-14(19)12-20-16/h2-6,12-13H,7-11H2,1H3,(H,21,22,24). The summed E-state index contributed by atoms with van der Waals surface area (Å²) in [5, 5.41) is 3.30. The van der Waals surface area contributed by atoms with Crippen molar-refractivity contribution >= 4 is 23.3 Å². The van der Waals surface area contributed by atoms with E-state index in [1.165, 1.54) is 19.0 Å². The van der Waals surface area contributed by atoms with E-state index >= 15 is 0 Å². The summed E-state index contributed by atoms with van der Waals surface area (Å²) >= 11 is 5.79. The number of carbonyl (C=O) groups excluding carboxylic acids is 1. The molecule has 0 atom stereocenters. The van der Waals surface area contributed by atoms with Crippen LogP contribution in [0.2, 0.25) is 5.02 Å². The maximum absolute atomic E-state index is 12.2. The van der Waals surface area contributed by atoms with Crippen LogP contribution in [0.4, 0.5) is 5.82 Å². The predicted molar refractivity (Wildman–Crippen MR) is 95.4 cm³/mol. The van der Waals surface area contributed by atoms with Gasteiger partial charge in [0.1, 0.15) is 11.5 Å². The third-order valence-corrected chi connectivity index (χ3v) is 4.57. The van der Waals surface area contributed by atoms with Crippen molar-refractivity contribution in [3.05, 3.63) is 52.9 Å². The summed E-state index contributed by atoms with van der Waals surface area (Å²) in [6.45, 7) is 2.28. The lowest BCUT2D eigenvalue weighted by molar-refractivity contribution is 0.102. The molecular formula is C18H21ClN4O. The van der Waals surface area contributed by atoms with Crippen LogP contribution in [0.25, 0.3) is 0 Å². The fraction of sp³-hybridized carbons (Fsp3) is 0.389. The van der Waals surface area contributed by atoms with Crippen molar-refractivity contribution in [2.24, 2.45) is 5.92 Å². The van der Waals surface area contributed by atoms with Crippen LogP contribution in [0.3, 0.4) is 0 Å². The second-order valence-corrected chi connectivity index (χ2v) is 6.72. The normalized spacial score (nSPS) is 16.1. The molecule has 1 fully saturated rings. The number of rotatable bonds is 4. The molecule has 0 aromatic carbocycles. The number of halogens is 1. The number of amides is 1. The summed E-state index contributed by atoms with van der Waals surface area (Å²) in [6, 6.07) is 9.00. The number of hydrogen-bond acceptors (Lipinski definition) is 4. The van der Waals surface area contributed by atoms with E-state index < -0.39 is 0 Å². The van der Waals surface area contributed by atoms with Gasteiger partial charge in [0.2, 0.25) is 0 Å². The highest BCUT2D eigenvalue weighted by atomic mass is 35.5. The summed E-state index contributed by atoms with van der Waals surface area (Å²) in [5.74, 6) is 0.940. The number of carbonyl (C=O) groups is 1. The Morgan fingerprint density at radius 3 is 2.79 bits per heavy atom. The number of piperidine rings is 1. The Morgan fingerprint density at radius 1 is 1.29 bits per heavy atom. The Morgan fingerprint density at radius 2 is 2.08 bits per heavy atom. The van der Waals surface area contributed by atoms with Crippen LogP contribution in [-0.4, -0.2) is 40.9 Å². The molecule has 0 unspecified atom stereocenters. The van der Waals surface area contributed by atoms with E-state index in [1.807, 2.05) is 12.1 Å². The fourth-order valence-corrected chi connectivity index (χ4v) is 3.03. The number of likely N-dealkylation sites (tertiary alicyclic amines) is 1. The van der Waals surface area contributed by atoms with E-state index in [1.54, 1.807) is 18.2 Å². The van der Waals surface area contributed by atoms with Crippen molar-refractivity contribution in [3.8, 4) is 0 Å². The fourth-order valence-electron chi connectivity index (χ4n) is 2.92. The molecule has 3 heterocycles. The second-order valence-electron chi connectivity index (χ2n) is 6.28. The van der Waals surface area contributed by atoms with Crippen molar-refractivity contribution in [2.75, 3.05) is 25.5 Å². The molecule has 126 valence electrons. The topological polar surface area (TPSA) is 58.1 Å². The van der Waals surface area contributed by atoms with E-state index in [9.17, 15) is 4.79 Å². The number of hydrogen-bond donors (Lipinski definition) is 1. The number of nitrogens with zero attached hydrogens (tertiary/aromatic N) is 3. The van der Waals surface area contributed by atoms with Gasteiger partial charge >= 0.3 is 0 Å². The molecule has 1 aliphatic heterocycles. The monoisotopic (exact) mass is 344 g/mol. The zero-order valence-electron chi connectivity index (χ0n) is 13.7. The molecule has 2 aromatic heterocycles. The molecule has 0 radical (unpaired) electrons. The molecule has 0 bridgehead atoms. The van der Waals surface area contributed by atoms with Crippen LogP contribution in [0.5, 0.6) is 0 Å². The van der Waals surface area contributed by atoms with Gasteiger partial charge in [-0.1, -0.05) is 17.7 Å². The van der Waals surface area contributed by atoms with Gasteiger partial charge in [-0.25, -0.2) is 9.97 Å². The van der Waals surface area contributed by atoms with Gasteiger partial charge in [0.25, 0.3) is 5.91 Å². The van der Waals surface area contributed by atoms with Crippen LogP contribution in [0, 0.1) is 5.92 Å². The number of anilines is 1. The van der Waals surface area contributed by atoms with Gasteiger partial charge in [-0.15, -0.1) is 0 Å². The highest BCUT2D eigenvalue weighted by Gasteiger charge is 2.17. The molecule has 1 saturated heterocycles. The minimum Gasteiger partial charge on any atom is -0.306 e. The Labute approximate surface area is 147 Å². The number of pyridine rings is 2. The molecule has 1 N–H and O–H groups in total. The van der Waals surface area contributed by atoms with Gasteiger partial charge in [0.05, 0.1) is 5.02 Å². The summed E-state index contributed by atoms with van der Waals surface area (Å²) in [6.07, 6.45) is 4.81. The van der Waals surface area contributed by atoms with Crippen molar-refractivity contribution in [1.82, 2.24) is 14.9 Å². The quantitative estimate of drug-likeness (QED) is 0.924. The maximum atomic E-state index is 12.2. The lowest BCUT2D eigenvalue weighted by Gasteiger charge is -2.28. The van der Waals surface area contributed by atoms with E-state index in [4.69, 9.17) is 11.6 Å². The highest BCUT2D eigenvalue weighted by Crippen LogP contribution is 2.20. The molecule has 0 aliphatic carbocycles. The predicted octanol–water partition coefficient (Wildman–Crippen LogP) is 3.27. The van der Waals surface area contributed by atoms with E-state index in [0.717, 1.165) is 25.2 Å². The molecule has 0 spiro atoms. The van der Waals surface area contributed by atoms with Crippen molar-refractivity contribution in [3.63, 3.8) is 0 Å². The average molecular weight is 345 g/mol. The van der Waals surface area contributed by atoms with Crippen molar-refractivity contribution < 1.29 is 4.79 Å². The third kappa shape index (κ3) is 4.52. The number of nitrogens with one attached hydrogen (secondary N) is 1. The molecular weight excluding hydrogens is 324 g/mol. The lowest BCUT2D eigenvalue weighted by atomic mass is 9.92. The maximum Gasteiger partial charge on any atom is 0.275 e. The molecule has 5 nitrogen and oxygen atoms in total. The Kier molecular flexibility index (Phi) is 5.43. The molecule has 0 saturated carbocycles. The van der Waals surface area contributed by atoms with Crippen LogP contribution >= 0.6 is 11.6 Å². The minimum atomic E-state index is -0.282. The smallest absolute Gasteiger partial charge is 0.275 e. The van der Waals surface area contributed by atoms with Crippen molar-refractivity contribution in [1.29, 1.82) is 0 Å². The largest absolute Gasteiger partial charge is 0.306 e. The van der Waals surface area contributed by atoms with Gasteiger partial charge in [-0.3, -0.25) is 4.79 Å². The number of aromatic nitrogens is 2. The zero-order chi connectivity index (χ0) is 16.9. The molecule has 6 heteroatoms. The first-order valence-corrected chi connectivity index (χ1v) is 8.55. The SMILES string of the molecule is CN1CCC(Cc2cccc(NC(=O)c3ccc(Cl)cn3)n2)CC1. The summed E-state index contributed by atoms with van der Waals surface area (Å²) in [4.78, 5) is 23.2. The molecule has 1 aliphatic rings. The molecule has 3 rings (SSSR count). The van der Waals surface area contributed by atoms with E-state index in [2.05, 4.69) is 27.2 Å². The summed E-state index contributed by atoms with van der Waals surface area (Å²) < 4.78 is 0. The first-order chi connectivity index (χ1) is 11.6. The van der Waals surface area contributed by atoms with Crippen LogP contribution < -0.4 is 5.32 Å². The molecule has 1 amide bonds. The molecule has 2 aromatic rings. The van der Waals surface area contributed by atoms with Gasteiger partial charge < -0.3 is 10.2 Å². The first kappa shape index (κ1) is 16.9. The average Bonchev–Trinajstić information content (AvgIpc) is 2.58. The van der Waals surface area contributed by atoms with Crippen LogP contribution in [0.15, 0.2) is 36.5 Å². The Hall–Kier alpha value is -1.98. The zero-order valence-corrected chi connectivity index (χ0v) is 14.5. The van der Waals surface area contributed by atoms with Gasteiger partial charge in [-0.05, 0) is 69.6 Å². The van der Waals surface area contributed by atoms with Gasteiger partial charge in [0.15, 0.2) is 0 Å². The summed E-state index contributed by atoms with van der Waals surface area (Å²) in [7, 11) is 2.16. The third-order valence-electron chi connectivity index (χ3n) is 4.34. The lowest BCUT2D eigenvalue weighted by Crippen LogP contribution is -2.31. The van der Waals surface area contributed by atoms with E-state index in [0.29, 0.717) is 22.5 Å². The molecule has 24 heavy (non-hydrogen) atoms. The summed E-state index contributed by atoms with van der Waals surface area (Å²) in [5.41, 5.74) is 1.34. The van der Waals surface area contributed by atoms with E-state index in [-0.39, 0.29) is 5.91 Å².